The number of hydrogen-bond acceptors (Lipinski definition) is 2. The number of para-hydroxylation sites is 1. The monoisotopic (exact) mass is 300 g/mol. The van der Waals surface area contributed by atoms with Gasteiger partial charge in [0.25, 0.3) is 0 Å². The van der Waals surface area contributed by atoms with E-state index in [1.807, 2.05) is 32.0 Å². The first-order chi connectivity index (χ1) is 10.6. The summed E-state index contributed by atoms with van der Waals surface area (Å²) in [6.45, 7) is 5.16. The third-order valence-corrected chi connectivity index (χ3v) is 3.52. The zero-order valence-corrected chi connectivity index (χ0v) is 12.9. The highest BCUT2D eigenvalue weighted by Crippen LogP contribution is 2.19. The SMILES string of the molecule is Cc1cccc(C)c1NC(=O)CCNCc1ccc(F)cc1. The van der Waals surface area contributed by atoms with Gasteiger partial charge in [-0.1, -0.05) is 30.3 Å². The van der Waals surface area contributed by atoms with Crippen LogP contribution in [0.1, 0.15) is 23.1 Å². The van der Waals surface area contributed by atoms with E-state index in [0.29, 0.717) is 19.5 Å². The molecule has 0 aliphatic rings. The molecule has 0 saturated heterocycles. The van der Waals surface area contributed by atoms with E-state index in [0.717, 1.165) is 22.4 Å². The number of amides is 1. The van der Waals surface area contributed by atoms with Gasteiger partial charge >= 0.3 is 0 Å². The highest BCUT2D eigenvalue weighted by atomic mass is 19.1. The Bertz CT molecular complexity index is 618. The van der Waals surface area contributed by atoms with Crippen LogP contribution in [0.5, 0.6) is 0 Å². The largest absolute Gasteiger partial charge is 0.326 e. The Morgan fingerprint density at radius 2 is 1.68 bits per heavy atom. The van der Waals surface area contributed by atoms with Gasteiger partial charge < -0.3 is 10.6 Å². The van der Waals surface area contributed by atoms with Crippen LogP contribution in [0.3, 0.4) is 0 Å². The quantitative estimate of drug-likeness (QED) is 0.801. The fraction of sp³-hybridized carbons (Fsp3) is 0.278. The number of nitrogens with one attached hydrogen (secondary N) is 2. The van der Waals surface area contributed by atoms with Crippen molar-refractivity contribution in [1.82, 2.24) is 5.32 Å². The van der Waals surface area contributed by atoms with E-state index in [-0.39, 0.29) is 11.7 Å². The van der Waals surface area contributed by atoms with E-state index in [1.54, 1.807) is 12.1 Å². The molecule has 0 fully saturated rings. The molecule has 3 nitrogen and oxygen atoms in total. The average molecular weight is 300 g/mol. The van der Waals surface area contributed by atoms with E-state index in [1.165, 1.54) is 12.1 Å². The minimum absolute atomic E-state index is 0.0102. The van der Waals surface area contributed by atoms with Gasteiger partial charge in [0.15, 0.2) is 0 Å². The summed E-state index contributed by atoms with van der Waals surface area (Å²) in [4.78, 5) is 12.0. The Balaban J connectivity index is 1.75. The third-order valence-electron chi connectivity index (χ3n) is 3.52. The molecule has 0 unspecified atom stereocenters. The van der Waals surface area contributed by atoms with Crippen molar-refractivity contribution in [1.29, 1.82) is 0 Å². The molecule has 22 heavy (non-hydrogen) atoms. The van der Waals surface area contributed by atoms with Crippen LogP contribution in [0.4, 0.5) is 10.1 Å². The molecule has 4 heteroatoms. The van der Waals surface area contributed by atoms with Crippen LogP contribution in [0.25, 0.3) is 0 Å². The van der Waals surface area contributed by atoms with Crippen LogP contribution in [0.2, 0.25) is 0 Å². The maximum Gasteiger partial charge on any atom is 0.225 e. The molecule has 0 aromatic heterocycles. The van der Waals surface area contributed by atoms with E-state index < -0.39 is 0 Å². The molecule has 0 radical (unpaired) electrons. The average Bonchev–Trinajstić information content (AvgIpc) is 2.49. The Labute approximate surface area is 130 Å². The van der Waals surface area contributed by atoms with E-state index in [2.05, 4.69) is 10.6 Å². The Morgan fingerprint density at radius 3 is 2.32 bits per heavy atom. The molecule has 0 spiro atoms. The number of halogens is 1. The number of carbonyl (C=O) groups is 1. The molecule has 0 heterocycles. The zero-order valence-electron chi connectivity index (χ0n) is 12.9. The van der Waals surface area contributed by atoms with Crippen LogP contribution in [0, 0.1) is 19.7 Å². The first kappa shape index (κ1) is 16.2. The normalized spacial score (nSPS) is 10.5. The Hall–Kier alpha value is -2.20. The van der Waals surface area contributed by atoms with E-state index >= 15 is 0 Å². The van der Waals surface area contributed by atoms with Gasteiger partial charge in [0.1, 0.15) is 5.82 Å². The van der Waals surface area contributed by atoms with Crippen LogP contribution in [-0.2, 0) is 11.3 Å². The Morgan fingerprint density at radius 1 is 1.05 bits per heavy atom. The number of aryl methyl sites for hydroxylation is 2. The van der Waals surface area contributed by atoms with Gasteiger partial charge in [-0.3, -0.25) is 4.79 Å². The second-order valence-electron chi connectivity index (χ2n) is 5.37. The third kappa shape index (κ3) is 4.67. The van der Waals surface area contributed by atoms with Gasteiger partial charge in [0.05, 0.1) is 0 Å². The summed E-state index contributed by atoms with van der Waals surface area (Å²) in [6.07, 6.45) is 0.398. The van der Waals surface area contributed by atoms with Gasteiger partial charge in [0.2, 0.25) is 5.91 Å². The maximum absolute atomic E-state index is 12.8. The predicted octanol–water partition coefficient (Wildman–Crippen LogP) is 3.56. The van der Waals surface area contributed by atoms with Crippen LogP contribution < -0.4 is 10.6 Å². The highest BCUT2D eigenvalue weighted by molar-refractivity contribution is 5.92. The van der Waals surface area contributed by atoms with Crippen molar-refractivity contribution in [2.75, 3.05) is 11.9 Å². The summed E-state index contributed by atoms with van der Waals surface area (Å²) in [6, 6.07) is 12.3. The standard InChI is InChI=1S/C18H21FN2O/c1-13-4-3-5-14(2)18(13)21-17(22)10-11-20-12-15-6-8-16(19)9-7-15/h3-9,20H,10-12H2,1-2H3,(H,21,22). The van der Waals surface area contributed by atoms with Gasteiger partial charge in [-0.15, -0.1) is 0 Å². The fourth-order valence-electron chi connectivity index (χ4n) is 2.25. The summed E-state index contributed by atoms with van der Waals surface area (Å²) < 4.78 is 12.8. The lowest BCUT2D eigenvalue weighted by Gasteiger charge is -2.11. The minimum atomic E-state index is -0.239. The lowest BCUT2D eigenvalue weighted by atomic mass is 10.1. The zero-order chi connectivity index (χ0) is 15.9. The van der Waals surface area contributed by atoms with Crippen molar-refractivity contribution in [2.45, 2.75) is 26.8 Å². The molecule has 2 rings (SSSR count). The highest BCUT2D eigenvalue weighted by Gasteiger charge is 2.06. The number of anilines is 1. The summed E-state index contributed by atoms with van der Waals surface area (Å²) in [5, 5.41) is 6.14. The predicted molar refractivity (Wildman–Crippen MR) is 87.3 cm³/mol. The molecule has 0 atom stereocenters. The summed E-state index contributed by atoms with van der Waals surface area (Å²) in [7, 11) is 0. The van der Waals surface area contributed by atoms with Gasteiger partial charge in [0, 0.05) is 25.2 Å². The summed E-state index contributed by atoms with van der Waals surface area (Å²) >= 11 is 0. The second kappa shape index (κ2) is 7.71. The molecule has 2 N–H and O–H groups in total. The molecular weight excluding hydrogens is 279 g/mol. The molecular formula is C18H21FN2O. The molecule has 1 amide bonds. The van der Waals surface area contributed by atoms with Gasteiger partial charge in [-0.25, -0.2) is 4.39 Å². The first-order valence-electron chi connectivity index (χ1n) is 7.37. The molecule has 0 saturated carbocycles. The molecule has 0 aliphatic carbocycles. The fourth-order valence-corrected chi connectivity index (χ4v) is 2.25. The van der Waals surface area contributed by atoms with Crippen molar-refractivity contribution in [3.05, 3.63) is 65.0 Å². The lowest BCUT2D eigenvalue weighted by molar-refractivity contribution is -0.116. The number of hydrogen-bond donors (Lipinski definition) is 2. The molecule has 2 aromatic carbocycles. The van der Waals surface area contributed by atoms with Crippen molar-refractivity contribution in [3.63, 3.8) is 0 Å². The number of carbonyl (C=O) groups excluding carboxylic acids is 1. The number of benzene rings is 2. The minimum Gasteiger partial charge on any atom is -0.326 e. The summed E-state index contributed by atoms with van der Waals surface area (Å²) in [5.74, 6) is -0.249. The lowest BCUT2D eigenvalue weighted by Crippen LogP contribution is -2.22. The van der Waals surface area contributed by atoms with Gasteiger partial charge in [-0.2, -0.15) is 0 Å². The maximum atomic E-state index is 12.8. The van der Waals surface area contributed by atoms with Crippen LogP contribution in [0.15, 0.2) is 42.5 Å². The second-order valence-corrected chi connectivity index (χ2v) is 5.37. The number of rotatable bonds is 6. The Kier molecular flexibility index (Phi) is 5.67. The molecule has 0 aliphatic heterocycles. The molecule has 116 valence electrons. The first-order valence-corrected chi connectivity index (χ1v) is 7.37. The van der Waals surface area contributed by atoms with Gasteiger partial charge in [-0.05, 0) is 42.7 Å². The van der Waals surface area contributed by atoms with Crippen LogP contribution >= 0.6 is 0 Å². The van der Waals surface area contributed by atoms with Crippen LogP contribution in [-0.4, -0.2) is 12.5 Å². The van der Waals surface area contributed by atoms with Crippen molar-refractivity contribution in [3.8, 4) is 0 Å². The molecule has 0 bridgehead atoms. The van der Waals surface area contributed by atoms with Crippen molar-refractivity contribution in [2.24, 2.45) is 0 Å². The van der Waals surface area contributed by atoms with Crippen molar-refractivity contribution < 1.29 is 9.18 Å². The van der Waals surface area contributed by atoms with Crippen molar-refractivity contribution >= 4 is 11.6 Å². The summed E-state index contributed by atoms with van der Waals surface area (Å²) in [5.41, 5.74) is 4.02. The smallest absolute Gasteiger partial charge is 0.225 e. The topological polar surface area (TPSA) is 41.1 Å². The molecule has 2 aromatic rings. The van der Waals surface area contributed by atoms with E-state index in [4.69, 9.17) is 0 Å². The van der Waals surface area contributed by atoms with E-state index in [9.17, 15) is 9.18 Å².